The largest absolute Gasteiger partial charge is 0.264 e. The van der Waals surface area contributed by atoms with Gasteiger partial charge < -0.3 is 0 Å². The van der Waals surface area contributed by atoms with Gasteiger partial charge >= 0.3 is 0 Å². The number of halogens is 1. The molecule has 0 unspecified atom stereocenters. The Labute approximate surface area is 91.6 Å². The molecule has 1 heterocycles. The van der Waals surface area contributed by atoms with E-state index >= 15 is 0 Å². The lowest BCUT2D eigenvalue weighted by atomic mass is 10.1. The Kier molecular flexibility index (Phi) is 2.94. The maximum atomic E-state index is 4.08. The molecule has 0 atom stereocenters. The molecule has 2 aromatic rings. The topological polar surface area (TPSA) is 12.9 Å². The fraction of sp³-hybridized carbons (Fsp3) is 0.0833. The first-order chi connectivity index (χ1) is 6.90. The van der Waals surface area contributed by atoms with Crippen LogP contribution in [0.3, 0.4) is 0 Å². The molecule has 0 aliphatic rings. The van der Waals surface area contributed by atoms with E-state index in [4.69, 9.17) is 0 Å². The number of alkyl halides is 1. The summed E-state index contributed by atoms with van der Waals surface area (Å²) in [6, 6.07) is 8.39. The Hall–Kier alpha value is -1.15. The highest BCUT2D eigenvalue weighted by molar-refractivity contribution is 9.09. The van der Waals surface area contributed by atoms with E-state index in [2.05, 4.69) is 51.3 Å². The maximum Gasteiger partial charge on any atom is 0.0346 e. The van der Waals surface area contributed by atoms with Crippen LogP contribution in [0.2, 0.25) is 0 Å². The van der Waals surface area contributed by atoms with E-state index in [0.29, 0.717) is 0 Å². The van der Waals surface area contributed by atoms with E-state index in [1.807, 2.05) is 18.5 Å². The van der Waals surface area contributed by atoms with E-state index in [1.165, 1.54) is 16.3 Å². The van der Waals surface area contributed by atoms with Crippen LogP contribution in [0.15, 0.2) is 42.7 Å². The minimum Gasteiger partial charge on any atom is -0.264 e. The third kappa shape index (κ3) is 2.02. The molecule has 0 aliphatic heterocycles. The third-order valence-electron chi connectivity index (χ3n) is 2.06. The van der Waals surface area contributed by atoms with Gasteiger partial charge in [0, 0.05) is 23.1 Å². The van der Waals surface area contributed by atoms with Crippen LogP contribution in [0.25, 0.3) is 16.8 Å². The summed E-state index contributed by atoms with van der Waals surface area (Å²) >= 11 is 3.36. The van der Waals surface area contributed by atoms with Gasteiger partial charge in [-0.2, -0.15) is 0 Å². The number of fused-ring (bicyclic) bond motifs is 1. The van der Waals surface area contributed by atoms with Crippen molar-refractivity contribution < 1.29 is 0 Å². The Bertz CT molecular complexity index is 463. The van der Waals surface area contributed by atoms with E-state index in [9.17, 15) is 0 Å². The Balaban J connectivity index is 2.46. The monoisotopic (exact) mass is 247 g/mol. The summed E-state index contributed by atoms with van der Waals surface area (Å²) in [6.07, 6.45) is 7.89. The summed E-state index contributed by atoms with van der Waals surface area (Å²) in [5, 5.41) is 3.31. The quantitative estimate of drug-likeness (QED) is 0.739. The molecule has 0 fully saturated rings. The van der Waals surface area contributed by atoms with Crippen molar-refractivity contribution >= 4 is 32.8 Å². The molecule has 1 aromatic carbocycles. The first-order valence-corrected chi connectivity index (χ1v) is 5.58. The lowest BCUT2D eigenvalue weighted by Gasteiger charge is -1.97. The summed E-state index contributed by atoms with van der Waals surface area (Å²) in [4.78, 5) is 4.08. The third-order valence-corrected chi connectivity index (χ3v) is 2.44. The molecule has 0 bridgehead atoms. The second kappa shape index (κ2) is 4.38. The SMILES string of the molecule is BrCC=Cc1ccc2cnccc2c1. The van der Waals surface area contributed by atoms with Crippen molar-refractivity contribution in [1.82, 2.24) is 4.98 Å². The number of hydrogen-bond acceptors (Lipinski definition) is 1. The van der Waals surface area contributed by atoms with Gasteiger partial charge in [0.05, 0.1) is 0 Å². The maximum absolute atomic E-state index is 4.08. The average molecular weight is 248 g/mol. The van der Waals surface area contributed by atoms with Crippen molar-refractivity contribution in [3.63, 3.8) is 0 Å². The minimum absolute atomic E-state index is 0.890. The first-order valence-electron chi connectivity index (χ1n) is 4.46. The van der Waals surface area contributed by atoms with Gasteiger partial charge in [-0.05, 0) is 23.1 Å². The summed E-state index contributed by atoms with van der Waals surface area (Å²) < 4.78 is 0. The fourth-order valence-electron chi connectivity index (χ4n) is 1.39. The number of nitrogens with zero attached hydrogens (tertiary/aromatic N) is 1. The smallest absolute Gasteiger partial charge is 0.0346 e. The molecule has 0 saturated carbocycles. The first kappa shape index (κ1) is 9.41. The van der Waals surface area contributed by atoms with E-state index in [0.717, 1.165) is 5.33 Å². The highest BCUT2D eigenvalue weighted by Crippen LogP contribution is 2.15. The van der Waals surface area contributed by atoms with Gasteiger partial charge in [0.1, 0.15) is 0 Å². The molecule has 0 radical (unpaired) electrons. The number of allylic oxidation sites excluding steroid dienone is 1. The highest BCUT2D eigenvalue weighted by atomic mass is 79.9. The number of aromatic nitrogens is 1. The number of rotatable bonds is 2. The van der Waals surface area contributed by atoms with Crippen LogP contribution in [0, 0.1) is 0 Å². The molecule has 0 aliphatic carbocycles. The van der Waals surface area contributed by atoms with Crippen LogP contribution in [-0.4, -0.2) is 10.3 Å². The molecule has 0 amide bonds. The molecule has 1 nitrogen and oxygen atoms in total. The predicted octanol–water partition coefficient (Wildman–Crippen LogP) is 3.64. The highest BCUT2D eigenvalue weighted by Gasteiger charge is 1.92. The van der Waals surface area contributed by atoms with Crippen molar-refractivity contribution in [1.29, 1.82) is 0 Å². The lowest BCUT2D eigenvalue weighted by molar-refractivity contribution is 1.36. The second-order valence-electron chi connectivity index (χ2n) is 3.04. The van der Waals surface area contributed by atoms with Gasteiger partial charge in [0.2, 0.25) is 0 Å². The van der Waals surface area contributed by atoms with Crippen molar-refractivity contribution in [2.45, 2.75) is 0 Å². The van der Waals surface area contributed by atoms with Crippen molar-refractivity contribution in [2.24, 2.45) is 0 Å². The van der Waals surface area contributed by atoms with E-state index in [-0.39, 0.29) is 0 Å². The predicted molar refractivity (Wildman–Crippen MR) is 64.6 cm³/mol. The summed E-state index contributed by atoms with van der Waals surface area (Å²) in [7, 11) is 0. The van der Waals surface area contributed by atoms with Gasteiger partial charge in [-0.15, -0.1) is 0 Å². The van der Waals surface area contributed by atoms with Crippen molar-refractivity contribution in [3.8, 4) is 0 Å². The Morgan fingerprint density at radius 2 is 2.14 bits per heavy atom. The molecule has 0 saturated heterocycles. The number of pyridine rings is 1. The molecule has 70 valence electrons. The zero-order valence-electron chi connectivity index (χ0n) is 7.65. The zero-order chi connectivity index (χ0) is 9.80. The molecular formula is C12H10BrN. The molecule has 2 heteroatoms. The number of benzene rings is 1. The zero-order valence-corrected chi connectivity index (χ0v) is 9.24. The summed E-state index contributed by atoms with van der Waals surface area (Å²) in [5.74, 6) is 0. The molecule has 0 spiro atoms. The van der Waals surface area contributed by atoms with Crippen LogP contribution in [0.1, 0.15) is 5.56 Å². The van der Waals surface area contributed by atoms with Crippen LogP contribution in [0.5, 0.6) is 0 Å². The molecular weight excluding hydrogens is 238 g/mol. The average Bonchev–Trinajstić information content (AvgIpc) is 2.26. The Morgan fingerprint density at radius 3 is 3.00 bits per heavy atom. The van der Waals surface area contributed by atoms with Gasteiger partial charge in [-0.1, -0.05) is 40.2 Å². The second-order valence-corrected chi connectivity index (χ2v) is 3.69. The van der Waals surface area contributed by atoms with Crippen LogP contribution in [0.4, 0.5) is 0 Å². The fourth-order valence-corrected chi connectivity index (χ4v) is 1.57. The van der Waals surface area contributed by atoms with E-state index < -0.39 is 0 Å². The summed E-state index contributed by atoms with van der Waals surface area (Å²) in [5.41, 5.74) is 1.23. The molecule has 0 N–H and O–H groups in total. The van der Waals surface area contributed by atoms with E-state index in [1.54, 1.807) is 0 Å². The molecule has 1 aromatic heterocycles. The van der Waals surface area contributed by atoms with Gasteiger partial charge in [0.15, 0.2) is 0 Å². The minimum atomic E-state index is 0.890. The molecule has 14 heavy (non-hydrogen) atoms. The van der Waals surface area contributed by atoms with Gasteiger partial charge in [-0.3, -0.25) is 4.98 Å². The van der Waals surface area contributed by atoms with Gasteiger partial charge in [0.25, 0.3) is 0 Å². The lowest BCUT2D eigenvalue weighted by Crippen LogP contribution is -1.77. The Morgan fingerprint density at radius 1 is 1.21 bits per heavy atom. The standard InChI is InChI=1S/C12H10BrN/c13-6-1-2-10-3-4-12-9-14-7-5-11(12)8-10/h1-5,7-9H,6H2. The van der Waals surface area contributed by atoms with Crippen LogP contribution >= 0.6 is 15.9 Å². The van der Waals surface area contributed by atoms with Crippen LogP contribution < -0.4 is 0 Å². The van der Waals surface area contributed by atoms with Crippen molar-refractivity contribution in [3.05, 3.63) is 48.3 Å². The van der Waals surface area contributed by atoms with Crippen LogP contribution in [-0.2, 0) is 0 Å². The normalized spacial score (nSPS) is 11.2. The number of hydrogen-bond donors (Lipinski definition) is 0. The van der Waals surface area contributed by atoms with Gasteiger partial charge in [-0.25, -0.2) is 0 Å². The van der Waals surface area contributed by atoms with Crippen molar-refractivity contribution in [2.75, 3.05) is 5.33 Å². The summed E-state index contributed by atoms with van der Waals surface area (Å²) in [6.45, 7) is 0. The molecule has 2 rings (SSSR count).